The third-order valence-electron chi connectivity index (χ3n) is 2.43. The topological polar surface area (TPSA) is 68.0 Å². The van der Waals surface area contributed by atoms with E-state index in [4.69, 9.17) is 17.3 Å². The maximum Gasteiger partial charge on any atom is 0.251 e. The van der Waals surface area contributed by atoms with Gasteiger partial charge in [-0.3, -0.25) is 9.78 Å². The Hall–Kier alpha value is -2.07. The number of hydrogen-bond acceptors (Lipinski definition) is 3. The molecular formula is C13H12ClN3O. The molecule has 1 aromatic carbocycles. The quantitative estimate of drug-likeness (QED) is 0.833. The van der Waals surface area contributed by atoms with Crippen LogP contribution in [-0.4, -0.2) is 10.9 Å². The van der Waals surface area contributed by atoms with Crippen LogP contribution in [0.2, 0.25) is 5.02 Å². The number of nitrogen functional groups attached to an aromatic ring is 1. The van der Waals surface area contributed by atoms with E-state index in [1.54, 1.807) is 30.6 Å². The molecule has 0 saturated heterocycles. The van der Waals surface area contributed by atoms with Crippen LogP contribution in [-0.2, 0) is 6.54 Å². The highest BCUT2D eigenvalue weighted by Gasteiger charge is 2.07. The van der Waals surface area contributed by atoms with Gasteiger partial charge in [-0.1, -0.05) is 17.7 Å². The monoisotopic (exact) mass is 261 g/mol. The third kappa shape index (κ3) is 2.99. The van der Waals surface area contributed by atoms with Gasteiger partial charge < -0.3 is 11.1 Å². The molecule has 0 saturated carbocycles. The fourth-order valence-corrected chi connectivity index (χ4v) is 1.59. The lowest BCUT2D eigenvalue weighted by Crippen LogP contribution is -2.22. The van der Waals surface area contributed by atoms with Crippen molar-refractivity contribution in [2.75, 3.05) is 5.73 Å². The maximum atomic E-state index is 11.9. The summed E-state index contributed by atoms with van der Waals surface area (Å²) in [6.07, 6.45) is 3.39. The minimum absolute atomic E-state index is 0.192. The second-order valence-electron chi connectivity index (χ2n) is 3.78. The molecule has 0 radical (unpaired) electrons. The number of benzene rings is 1. The third-order valence-corrected chi connectivity index (χ3v) is 2.78. The zero-order chi connectivity index (χ0) is 13.0. The van der Waals surface area contributed by atoms with Gasteiger partial charge in [-0.2, -0.15) is 0 Å². The molecule has 3 N–H and O–H groups in total. The fraction of sp³-hybridized carbons (Fsp3) is 0.0769. The van der Waals surface area contributed by atoms with E-state index >= 15 is 0 Å². The molecule has 0 spiro atoms. The van der Waals surface area contributed by atoms with E-state index in [1.807, 2.05) is 12.1 Å². The van der Waals surface area contributed by atoms with Gasteiger partial charge >= 0.3 is 0 Å². The Morgan fingerprint density at radius 3 is 2.89 bits per heavy atom. The number of nitrogens with two attached hydrogens (primary N) is 1. The van der Waals surface area contributed by atoms with Crippen molar-refractivity contribution in [3.8, 4) is 0 Å². The molecule has 0 aliphatic rings. The molecular weight excluding hydrogens is 250 g/mol. The van der Waals surface area contributed by atoms with Crippen molar-refractivity contribution in [3.05, 3.63) is 58.9 Å². The standard InChI is InChI=1S/C13H12ClN3O/c14-11-4-3-10(6-12(11)15)13(18)17-8-9-2-1-5-16-7-9/h1-7H,8,15H2,(H,17,18). The van der Waals surface area contributed by atoms with Gasteiger partial charge in [-0.25, -0.2) is 0 Å². The molecule has 1 amide bonds. The maximum absolute atomic E-state index is 11.9. The lowest BCUT2D eigenvalue weighted by molar-refractivity contribution is 0.0951. The number of carbonyl (C=O) groups excluding carboxylic acids is 1. The summed E-state index contributed by atoms with van der Waals surface area (Å²) in [6, 6.07) is 8.51. The minimum Gasteiger partial charge on any atom is -0.398 e. The second-order valence-corrected chi connectivity index (χ2v) is 4.19. The average Bonchev–Trinajstić information content (AvgIpc) is 2.40. The van der Waals surface area contributed by atoms with Crippen molar-refractivity contribution in [2.45, 2.75) is 6.54 Å². The molecule has 0 aliphatic carbocycles. The molecule has 0 aliphatic heterocycles. The Bertz CT molecular complexity index is 557. The zero-order valence-electron chi connectivity index (χ0n) is 9.56. The average molecular weight is 262 g/mol. The van der Waals surface area contributed by atoms with Crippen molar-refractivity contribution in [2.24, 2.45) is 0 Å². The number of rotatable bonds is 3. The van der Waals surface area contributed by atoms with Crippen molar-refractivity contribution in [3.63, 3.8) is 0 Å². The van der Waals surface area contributed by atoms with Crippen LogP contribution in [0, 0.1) is 0 Å². The van der Waals surface area contributed by atoms with Crippen LogP contribution in [0.5, 0.6) is 0 Å². The molecule has 5 heteroatoms. The molecule has 2 rings (SSSR count). The Morgan fingerprint density at radius 2 is 2.22 bits per heavy atom. The predicted molar refractivity (Wildman–Crippen MR) is 71.3 cm³/mol. The van der Waals surface area contributed by atoms with E-state index in [9.17, 15) is 4.79 Å². The second kappa shape index (κ2) is 5.51. The normalized spacial score (nSPS) is 10.1. The number of aromatic nitrogens is 1. The first-order chi connectivity index (χ1) is 8.66. The Balaban J connectivity index is 2.02. The van der Waals surface area contributed by atoms with E-state index < -0.39 is 0 Å². The summed E-state index contributed by atoms with van der Waals surface area (Å²) in [4.78, 5) is 15.8. The molecule has 4 nitrogen and oxygen atoms in total. The van der Waals surface area contributed by atoms with Crippen molar-refractivity contribution < 1.29 is 4.79 Å². The van der Waals surface area contributed by atoms with Gasteiger partial charge in [0, 0.05) is 24.5 Å². The van der Waals surface area contributed by atoms with Gasteiger partial charge in [0.1, 0.15) is 0 Å². The van der Waals surface area contributed by atoms with Gasteiger partial charge in [0.15, 0.2) is 0 Å². The van der Waals surface area contributed by atoms with E-state index in [1.165, 1.54) is 0 Å². The van der Waals surface area contributed by atoms with Crippen molar-refractivity contribution in [1.82, 2.24) is 10.3 Å². The summed E-state index contributed by atoms with van der Waals surface area (Å²) in [5.41, 5.74) is 7.46. The zero-order valence-corrected chi connectivity index (χ0v) is 10.3. The van der Waals surface area contributed by atoms with Crippen LogP contribution in [0.25, 0.3) is 0 Å². The van der Waals surface area contributed by atoms with Crippen LogP contribution < -0.4 is 11.1 Å². The van der Waals surface area contributed by atoms with Crippen molar-refractivity contribution in [1.29, 1.82) is 0 Å². The van der Waals surface area contributed by atoms with Gasteiger partial charge in [0.2, 0.25) is 0 Å². The first kappa shape index (κ1) is 12.4. The molecule has 0 atom stereocenters. The number of amides is 1. The Labute approximate surface area is 110 Å². The van der Waals surface area contributed by atoms with Crippen LogP contribution in [0.3, 0.4) is 0 Å². The van der Waals surface area contributed by atoms with Gasteiger partial charge in [0.25, 0.3) is 5.91 Å². The first-order valence-corrected chi connectivity index (χ1v) is 5.77. The van der Waals surface area contributed by atoms with E-state index in [0.717, 1.165) is 5.56 Å². The van der Waals surface area contributed by atoms with Crippen molar-refractivity contribution >= 4 is 23.2 Å². The van der Waals surface area contributed by atoms with Gasteiger partial charge in [0.05, 0.1) is 10.7 Å². The molecule has 18 heavy (non-hydrogen) atoms. The smallest absolute Gasteiger partial charge is 0.251 e. The Morgan fingerprint density at radius 1 is 1.39 bits per heavy atom. The van der Waals surface area contributed by atoms with Gasteiger partial charge in [-0.05, 0) is 29.8 Å². The highest BCUT2D eigenvalue weighted by Crippen LogP contribution is 2.19. The highest BCUT2D eigenvalue weighted by atomic mass is 35.5. The van der Waals surface area contributed by atoms with E-state index in [0.29, 0.717) is 22.8 Å². The number of anilines is 1. The summed E-state index contributed by atoms with van der Waals surface area (Å²) < 4.78 is 0. The number of pyridine rings is 1. The molecule has 0 fully saturated rings. The summed E-state index contributed by atoms with van der Waals surface area (Å²) in [5.74, 6) is -0.192. The number of halogens is 1. The number of hydrogen-bond donors (Lipinski definition) is 2. The Kier molecular flexibility index (Phi) is 3.79. The fourth-order valence-electron chi connectivity index (χ4n) is 1.47. The van der Waals surface area contributed by atoms with Crippen LogP contribution in [0.15, 0.2) is 42.7 Å². The largest absolute Gasteiger partial charge is 0.398 e. The molecule has 2 aromatic rings. The summed E-state index contributed by atoms with van der Waals surface area (Å²) in [5, 5.41) is 3.23. The van der Waals surface area contributed by atoms with Gasteiger partial charge in [-0.15, -0.1) is 0 Å². The lowest BCUT2D eigenvalue weighted by Gasteiger charge is -2.06. The van der Waals surface area contributed by atoms with Crippen LogP contribution in [0.4, 0.5) is 5.69 Å². The highest BCUT2D eigenvalue weighted by molar-refractivity contribution is 6.33. The molecule has 1 heterocycles. The SMILES string of the molecule is Nc1cc(C(=O)NCc2cccnc2)ccc1Cl. The summed E-state index contributed by atoms with van der Waals surface area (Å²) in [6.45, 7) is 0.426. The van der Waals surface area contributed by atoms with E-state index in [-0.39, 0.29) is 5.91 Å². The lowest BCUT2D eigenvalue weighted by atomic mass is 10.2. The number of carbonyl (C=O) groups is 1. The molecule has 92 valence electrons. The molecule has 0 unspecified atom stereocenters. The van der Waals surface area contributed by atoms with Crippen LogP contribution in [0.1, 0.15) is 15.9 Å². The van der Waals surface area contributed by atoms with E-state index in [2.05, 4.69) is 10.3 Å². The van der Waals surface area contributed by atoms with Crippen LogP contribution >= 0.6 is 11.6 Å². The number of nitrogens with one attached hydrogen (secondary N) is 1. The minimum atomic E-state index is -0.192. The molecule has 1 aromatic heterocycles. The number of nitrogens with zero attached hydrogens (tertiary/aromatic N) is 1. The predicted octanol–water partition coefficient (Wildman–Crippen LogP) is 2.25. The summed E-state index contributed by atoms with van der Waals surface area (Å²) in [7, 11) is 0. The first-order valence-electron chi connectivity index (χ1n) is 5.39. The molecule has 0 bridgehead atoms. The summed E-state index contributed by atoms with van der Waals surface area (Å²) >= 11 is 5.79.